The van der Waals surface area contributed by atoms with Crippen molar-refractivity contribution in [1.29, 1.82) is 0 Å². The largest absolute Gasteiger partial charge is 0.328 e. The number of nitrogens with zero attached hydrogens (tertiary/aromatic N) is 3. The van der Waals surface area contributed by atoms with Gasteiger partial charge < -0.3 is 4.98 Å². The van der Waals surface area contributed by atoms with E-state index in [1.165, 1.54) is 6.07 Å². The summed E-state index contributed by atoms with van der Waals surface area (Å²) >= 11 is 0. The third-order valence-electron chi connectivity index (χ3n) is 3.82. The Labute approximate surface area is 148 Å². The first-order valence-electron chi connectivity index (χ1n) is 7.84. The second kappa shape index (κ2) is 6.49. The van der Waals surface area contributed by atoms with Crippen LogP contribution in [0.25, 0.3) is 16.9 Å². The summed E-state index contributed by atoms with van der Waals surface area (Å²) in [5.74, 6) is 6.00. The molecule has 0 amide bonds. The summed E-state index contributed by atoms with van der Waals surface area (Å²) in [6.07, 6.45) is 4.02. The van der Waals surface area contributed by atoms with Crippen LogP contribution < -0.4 is 5.56 Å². The van der Waals surface area contributed by atoms with Gasteiger partial charge in [-0.15, -0.1) is 0 Å². The molecule has 3 heterocycles. The molecule has 6 nitrogen and oxygen atoms in total. The van der Waals surface area contributed by atoms with Crippen molar-refractivity contribution < 1.29 is 4.79 Å². The topological polar surface area (TPSA) is 80.1 Å². The molecule has 3 aromatic heterocycles. The molecule has 0 bridgehead atoms. The van der Waals surface area contributed by atoms with E-state index in [0.29, 0.717) is 22.5 Å². The quantitative estimate of drug-likeness (QED) is 0.448. The van der Waals surface area contributed by atoms with Crippen molar-refractivity contribution in [2.45, 2.75) is 0 Å². The molecule has 0 spiro atoms. The monoisotopic (exact) mass is 340 g/mol. The van der Waals surface area contributed by atoms with Crippen molar-refractivity contribution in [2.24, 2.45) is 0 Å². The molecular weight excluding hydrogens is 328 g/mol. The number of carbonyl (C=O) groups is 1. The number of fused-ring (bicyclic) bond motifs is 1. The van der Waals surface area contributed by atoms with E-state index in [4.69, 9.17) is 0 Å². The van der Waals surface area contributed by atoms with Gasteiger partial charge in [-0.3, -0.25) is 9.59 Å². The third kappa shape index (κ3) is 3.01. The molecule has 124 valence electrons. The summed E-state index contributed by atoms with van der Waals surface area (Å²) in [6.45, 7) is 0. The minimum absolute atomic E-state index is 0.169. The van der Waals surface area contributed by atoms with E-state index >= 15 is 0 Å². The van der Waals surface area contributed by atoms with Gasteiger partial charge in [-0.2, -0.15) is 5.10 Å². The Bertz CT molecular complexity index is 1200. The maximum atomic E-state index is 11.1. The van der Waals surface area contributed by atoms with Crippen LogP contribution in [-0.2, 0) is 0 Å². The van der Waals surface area contributed by atoms with Gasteiger partial charge in [-0.1, -0.05) is 30.2 Å². The van der Waals surface area contributed by atoms with Crippen molar-refractivity contribution in [3.8, 4) is 23.1 Å². The Morgan fingerprint density at radius 1 is 1.00 bits per heavy atom. The van der Waals surface area contributed by atoms with Crippen LogP contribution >= 0.6 is 0 Å². The fourth-order valence-electron chi connectivity index (χ4n) is 2.47. The van der Waals surface area contributed by atoms with Crippen molar-refractivity contribution in [2.75, 3.05) is 0 Å². The van der Waals surface area contributed by atoms with Gasteiger partial charge in [0, 0.05) is 29.0 Å². The van der Waals surface area contributed by atoms with E-state index in [2.05, 4.69) is 26.9 Å². The summed E-state index contributed by atoms with van der Waals surface area (Å²) in [6, 6.07) is 14.0. The van der Waals surface area contributed by atoms with E-state index in [1.807, 2.05) is 24.3 Å². The summed E-state index contributed by atoms with van der Waals surface area (Å²) in [4.78, 5) is 28.8. The second-order valence-electron chi connectivity index (χ2n) is 5.56. The summed E-state index contributed by atoms with van der Waals surface area (Å²) in [5, 5.41) is 4.59. The predicted molar refractivity (Wildman–Crippen MR) is 96.9 cm³/mol. The van der Waals surface area contributed by atoms with E-state index in [1.54, 1.807) is 35.1 Å². The minimum atomic E-state index is -0.169. The molecule has 0 fully saturated rings. The van der Waals surface area contributed by atoms with Crippen LogP contribution in [-0.4, -0.2) is 25.9 Å². The smallest absolute Gasteiger partial charge is 0.247 e. The molecule has 0 unspecified atom stereocenters. The Hall–Kier alpha value is -3.98. The molecule has 0 aliphatic rings. The Kier molecular flexibility index (Phi) is 3.88. The minimum Gasteiger partial charge on any atom is -0.328 e. The van der Waals surface area contributed by atoms with Gasteiger partial charge in [-0.25, -0.2) is 9.50 Å². The van der Waals surface area contributed by atoms with Crippen LogP contribution in [0.4, 0.5) is 0 Å². The van der Waals surface area contributed by atoms with Crippen molar-refractivity contribution in [3.05, 3.63) is 88.1 Å². The molecule has 0 radical (unpaired) electrons. The summed E-state index contributed by atoms with van der Waals surface area (Å²) in [7, 11) is 0. The number of nitrogens with one attached hydrogen (secondary N) is 1. The van der Waals surface area contributed by atoms with Crippen LogP contribution in [0.3, 0.4) is 0 Å². The number of benzene rings is 1. The fourth-order valence-corrected chi connectivity index (χ4v) is 2.47. The molecule has 0 aliphatic carbocycles. The Morgan fingerprint density at radius 2 is 1.85 bits per heavy atom. The van der Waals surface area contributed by atoms with E-state index in [0.717, 1.165) is 17.5 Å². The SMILES string of the molecule is O=Cc1ccc(-c2ccc3ncc(C#Cc4ccc(=O)[nH]c4)n3n2)cc1. The lowest BCUT2D eigenvalue weighted by molar-refractivity contribution is 0.112. The molecule has 1 N–H and O–H groups in total. The maximum absolute atomic E-state index is 11.1. The van der Waals surface area contributed by atoms with Crippen LogP contribution in [0.5, 0.6) is 0 Å². The molecule has 0 aliphatic heterocycles. The van der Waals surface area contributed by atoms with Crippen molar-refractivity contribution in [3.63, 3.8) is 0 Å². The first kappa shape index (κ1) is 15.5. The van der Waals surface area contributed by atoms with Crippen molar-refractivity contribution >= 4 is 11.9 Å². The predicted octanol–water partition coefficient (Wildman–Crippen LogP) is 2.30. The fraction of sp³-hybridized carbons (Fsp3) is 0. The molecule has 0 saturated carbocycles. The average Bonchev–Trinajstić information content (AvgIpc) is 3.10. The third-order valence-corrected chi connectivity index (χ3v) is 3.82. The number of carbonyl (C=O) groups excluding carboxylic acids is 1. The van der Waals surface area contributed by atoms with Gasteiger partial charge in [0.25, 0.3) is 0 Å². The maximum Gasteiger partial charge on any atom is 0.247 e. The van der Waals surface area contributed by atoms with E-state index in [-0.39, 0.29) is 5.56 Å². The zero-order chi connectivity index (χ0) is 17.9. The summed E-state index contributed by atoms with van der Waals surface area (Å²) in [5.41, 5.74) is 4.11. The lowest BCUT2D eigenvalue weighted by Gasteiger charge is -2.02. The van der Waals surface area contributed by atoms with E-state index in [9.17, 15) is 9.59 Å². The van der Waals surface area contributed by atoms with E-state index < -0.39 is 0 Å². The number of hydrogen-bond donors (Lipinski definition) is 1. The number of rotatable bonds is 2. The van der Waals surface area contributed by atoms with Crippen LogP contribution in [0.15, 0.2) is 65.7 Å². The molecule has 1 aromatic carbocycles. The Balaban J connectivity index is 1.74. The number of aromatic nitrogens is 4. The first-order valence-corrected chi connectivity index (χ1v) is 7.84. The lowest BCUT2D eigenvalue weighted by atomic mass is 10.1. The molecule has 0 atom stereocenters. The van der Waals surface area contributed by atoms with Gasteiger partial charge in [-0.05, 0) is 24.1 Å². The number of H-pyrrole nitrogens is 1. The highest BCUT2D eigenvalue weighted by molar-refractivity contribution is 5.76. The van der Waals surface area contributed by atoms with Crippen LogP contribution in [0.1, 0.15) is 21.6 Å². The molecule has 26 heavy (non-hydrogen) atoms. The normalized spacial score (nSPS) is 10.3. The van der Waals surface area contributed by atoms with Crippen molar-refractivity contribution in [1.82, 2.24) is 19.6 Å². The molecular formula is C20H12N4O2. The van der Waals surface area contributed by atoms with Gasteiger partial charge in [0.2, 0.25) is 5.56 Å². The number of pyridine rings is 1. The van der Waals surface area contributed by atoms with Crippen LogP contribution in [0.2, 0.25) is 0 Å². The van der Waals surface area contributed by atoms with Gasteiger partial charge in [0.15, 0.2) is 5.65 Å². The van der Waals surface area contributed by atoms with Gasteiger partial charge >= 0.3 is 0 Å². The van der Waals surface area contributed by atoms with Gasteiger partial charge in [0.05, 0.1) is 11.9 Å². The van der Waals surface area contributed by atoms with Gasteiger partial charge in [0.1, 0.15) is 12.0 Å². The highest BCUT2D eigenvalue weighted by Crippen LogP contribution is 2.18. The molecule has 6 heteroatoms. The lowest BCUT2D eigenvalue weighted by Crippen LogP contribution is -2.01. The zero-order valence-electron chi connectivity index (χ0n) is 13.5. The highest BCUT2D eigenvalue weighted by atomic mass is 16.1. The zero-order valence-corrected chi connectivity index (χ0v) is 13.5. The number of hydrogen-bond acceptors (Lipinski definition) is 4. The molecule has 4 aromatic rings. The molecule has 0 saturated heterocycles. The summed E-state index contributed by atoms with van der Waals surface area (Å²) < 4.78 is 1.67. The number of aldehydes is 1. The first-order chi connectivity index (χ1) is 12.7. The molecule has 4 rings (SSSR count). The second-order valence-corrected chi connectivity index (χ2v) is 5.56. The highest BCUT2D eigenvalue weighted by Gasteiger charge is 2.06. The number of aromatic amines is 1. The van der Waals surface area contributed by atoms with Crippen LogP contribution in [0, 0.1) is 11.8 Å². The Morgan fingerprint density at radius 3 is 2.58 bits per heavy atom. The average molecular weight is 340 g/mol. The number of imidazole rings is 1. The standard InChI is InChI=1S/C20H12N4O2/c25-13-15-1-5-16(6-2-15)18-8-9-19-21-12-17(24(19)23-18)7-3-14-4-10-20(26)22-11-14/h1-2,4-6,8-13H,(H,22,26).